The Hall–Kier alpha value is -1.55. The molecule has 3 rings (SSSR count). The monoisotopic (exact) mass is 274 g/mol. The number of nitrogen functional groups attached to an aromatic ring is 1. The Morgan fingerprint density at radius 1 is 1.35 bits per heavy atom. The smallest absolute Gasteiger partial charge is 0.254 e. The molecule has 0 spiro atoms. The van der Waals surface area contributed by atoms with Crippen LogP contribution in [-0.4, -0.2) is 36.1 Å². The number of amides is 1. The lowest BCUT2D eigenvalue weighted by atomic mass is 9.89. The third kappa shape index (κ3) is 2.29. The molecular weight excluding hydrogens is 252 g/mol. The number of benzene rings is 1. The van der Waals surface area contributed by atoms with Crippen LogP contribution in [0.5, 0.6) is 0 Å². The number of hydrogen-bond acceptors (Lipinski definition) is 3. The van der Waals surface area contributed by atoms with Gasteiger partial charge in [0, 0.05) is 17.8 Å². The summed E-state index contributed by atoms with van der Waals surface area (Å²) in [6.07, 6.45) is 4.75. The summed E-state index contributed by atoms with van der Waals surface area (Å²) in [5.74, 6) is 0.106. The Morgan fingerprint density at radius 2 is 2.15 bits per heavy atom. The van der Waals surface area contributed by atoms with Crippen molar-refractivity contribution >= 4 is 11.6 Å². The van der Waals surface area contributed by atoms with Gasteiger partial charge in [-0.2, -0.15) is 0 Å². The molecule has 108 valence electrons. The standard InChI is InChI=1S/C16H22N2O2/c1-11-12(5-4-6-13(11)17)16(19)18-9-10-20-15-8-3-2-7-14(15)18/h4-6,14-15H,2-3,7-10,17H2,1H3. The Kier molecular flexibility index (Phi) is 3.66. The van der Waals surface area contributed by atoms with E-state index in [1.54, 1.807) is 0 Å². The van der Waals surface area contributed by atoms with E-state index in [1.165, 1.54) is 12.8 Å². The normalized spacial score (nSPS) is 26.1. The van der Waals surface area contributed by atoms with Crippen molar-refractivity contribution in [3.8, 4) is 0 Å². The first-order valence-corrected chi connectivity index (χ1v) is 7.46. The molecule has 20 heavy (non-hydrogen) atoms. The van der Waals surface area contributed by atoms with Crippen LogP contribution in [0.2, 0.25) is 0 Å². The van der Waals surface area contributed by atoms with E-state index in [2.05, 4.69) is 0 Å². The third-order valence-corrected chi connectivity index (χ3v) is 4.60. The van der Waals surface area contributed by atoms with Gasteiger partial charge in [-0.1, -0.05) is 18.9 Å². The van der Waals surface area contributed by atoms with E-state index in [0.29, 0.717) is 18.8 Å². The lowest BCUT2D eigenvalue weighted by Gasteiger charge is -2.44. The number of ether oxygens (including phenoxy) is 1. The SMILES string of the molecule is Cc1c(N)cccc1C(=O)N1CCOC2CCCCC21. The fourth-order valence-electron chi connectivity index (χ4n) is 3.39. The highest BCUT2D eigenvalue weighted by molar-refractivity contribution is 5.97. The van der Waals surface area contributed by atoms with E-state index >= 15 is 0 Å². The molecule has 1 saturated heterocycles. The molecule has 2 atom stereocenters. The maximum atomic E-state index is 12.8. The molecule has 2 fully saturated rings. The number of morpholine rings is 1. The first kappa shape index (κ1) is 13.4. The van der Waals surface area contributed by atoms with Gasteiger partial charge in [0.1, 0.15) is 0 Å². The molecule has 0 bridgehead atoms. The highest BCUT2D eigenvalue weighted by atomic mass is 16.5. The van der Waals surface area contributed by atoms with Gasteiger partial charge in [-0.05, 0) is 37.5 Å². The fraction of sp³-hybridized carbons (Fsp3) is 0.562. The van der Waals surface area contributed by atoms with Gasteiger partial charge in [0.2, 0.25) is 0 Å². The van der Waals surface area contributed by atoms with Crippen molar-refractivity contribution in [2.75, 3.05) is 18.9 Å². The van der Waals surface area contributed by atoms with Crippen molar-refractivity contribution in [2.45, 2.75) is 44.8 Å². The maximum absolute atomic E-state index is 12.8. The number of carbonyl (C=O) groups excluding carboxylic acids is 1. The number of rotatable bonds is 1. The van der Waals surface area contributed by atoms with Gasteiger partial charge in [-0.25, -0.2) is 0 Å². The number of hydrogen-bond donors (Lipinski definition) is 1. The van der Waals surface area contributed by atoms with E-state index < -0.39 is 0 Å². The number of nitrogens with zero attached hydrogens (tertiary/aromatic N) is 1. The van der Waals surface area contributed by atoms with Gasteiger partial charge in [0.25, 0.3) is 5.91 Å². The van der Waals surface area contributed by atoms with Gasteiger partial charge in [-0.3, -0.25) is 4.79 Å². The number of fused-ring (bicyclic) bond motifs is 1. The molecule has 1 aromatic carbocycles. The molecular formula is C16H22N2O2. The second-order valence-corrected chi connectivity index (χ2v) is 5.78. The highest BCUT2D eigenvalue weighted by Crippen LogP contribution is 2.30. The van der Waals surface area contributed by atoms with Crippen molar-refractivity contribution in [3.05, 3.63) is 29.3 Å². The van der Waals surface area contributed by atoms with Crippen LogP contribution in [-0.2, 0) is 4.74 Å². The summed E-state index contributed by atoms with van der Waals surface area (Å²) >= 11 is 0. The summed E-state index contributed by atoms with van der Waals surface area (Å²) in [6.45, 7) is 3.25. The van der Waals surface area contributed by atoms with Gasteiger partial charge in [-0.15, -0.1) is 0 Å². The number of carbonyl (C=O) groups is 1. The summed E-state index contributed by atoms with van der Waals surface area (Å²) in [6, 6.07) is 5.82. The van der Waals surface area contributed by atoms with E-state index in [4.69, 9.17) is 10.5 Å². The third-order valence-electron chi connectivity index (χ3n) is 4.60. The number of nitrogens with two attached hydrogens (primary N) is 1. The van der Waals surface area contributed by atoms with Gasteiger partial charge < -0.3 is 15.4 Å². The van der Waals surface area contributed by atoms with E-state index in [-0.39, 0.29) is 18.1 Å². The minimum absolute atomic E-state index is 0.106. The van der Waals surface area contributed by atoms with Crippen molar-refractivity contribution < 1.29 is 9.53 Å². The van der Waals surface area contributed by atoms with Gasteiger partial charge in [0.05, 0.1) is 18.8 Å². The molecule has 2 N–H and O–H groups in total. The zero-order chi connectivity index (χ0) is 14.1. The van der Waals surface area contributed by atoms with Crippen LogP contribution in [0, 0.1) is 6.92 Å². The maximum Gasteiger partial charge on any atom is 0.254 e. The zero-order valence-corrected chi connectivity index (χ0v) is 12.0. The summed E-state index contributed by atoms with van der Waals surface area (Å²) in [5, 5.41) is 0. The second-order valence-electron chi connectivity index (χ2n) is 5.78. The summed E-state index contributed by atoms with van der Waals surface area (Å²) in [4.78, 5) is 14.9. The summed E-state index contributed by atoms with van der Waals surface area (Å²) in [7, 11) is 0. The molecule has 1 amide bonds. The second kappa shape index (κ2) is 5.44. The molecule has 2 aliphatic rings. The summed E-state index contributed by atoms with van der Waals surface area (Å²) < 4.78 is 5.83. The predicted molar refractivity (Wildman–Crippen MR) is 78.6 cm³/mol. The van der Waals surface area contributed by atoms with Crippen molar-refractivity contribution in [1.82, 2.24) is 4.90 Å². The van der Waals surface area contributed by atoms with Crippen molar-refractivity contribution in [2.24, 2.45) is 0 Å². The first-order valence-electron chi connectivity index (χ1n) is 7.46. The number of anilines is 1. The van der Waals surface area contributed by atoms with Crippen LogP contribution in [0.4, 0.5) is 5.69 Å². The van der Waals surface area contributed by atoms with Crippen LogP contribution >= 0.6 is 0 Å². The largest absolute Gasteiger partial charge is 0.398 e. The lowest BCUT2D eigenvalue weighted by molar-refractivity contribution is -0.0753. The molecule has 1 saturated carbocycles. The fourth-order valence-corrected chi connectivity index (χ4v) is 3.39. The highest BCUT2D eigenvalue weighted by Gasteiger charge is 2.37. The van der Waals surface area contributed by atoms with Crippen LogP contribution in [0.25, 0.3) is 0 Å². The van der Waals surface area contributed by atoms with E-state index in [1.807, 2.05) is 30.0 Å². The van der Waals surface area contributed by atoms with Gasteiger partial charge >= 0.3 is 0 Å². The molecule has 0 aromatic heterocycles. The Balaban J connectivity index is 1.87. The average molecular weight is 274 g/mol. The van der Waals surface area contributed by atoms with E-state index in [9.17, 15) is 4.79 Å². The van der Waals surface area contributed by atoms with Crippen LogP contribution in [0.1, 0.15) is 41.6 Å². The Labute approximate surface area is 119 Å². The molecule has 4 nitrogen and oxygen atoms in total. The minimum atomic E-state index is 0.106. The van der Waals surface area contributed by atoms with Crippen molar-refractivity contribution in [3.63, 3.8) is 0 Å². The van der Waals surface area contributed by atoms with Crippen molar-refractivity contribution in [1.29, 1.82) is 0 Å². The van der Waals surface area contributed by atoms with Gasteiger partial charge in [0.15, 0.2) is 0 Å². The predicted octanol–water partition coefficient (Wildman–Crippen LogP) is 2.36. The molecule has 1 aromatic rings. The first-order chi connectivity index (χ1) is 9.68. The van der Waals surface area contributed by atoms with E-state index in [0.717, 1.165) is 24.0 Å². The Morgan fingerprint density at radius 3 is 3.00 bits per heavy atom. The zero-order valence-electron chi connectivity index (χ0n) is 12.0. The molecule has 0 radical (unpaired) electrons. The van der Waals surface area contributed by atoms with Crippen LogP contribution in [0.15, 0.2) is 18.2 Å². The molecule has 1 heterocycles. The lowest BCUT2D eigenvalue weighted by Crippen LogP contribution is -2.54. The summed E-state index contributed by atoms with van der Waals surface area (Å²) in [5.41, 5.74) is 8.23. The quantitative estimate of drug-likeness (QED) is 0.800. The molecule has 4 heteroatoms. The average Bonchev–Trinajstić information content (AvgIpc) is 2.49. The molecule has 2 unspecified atom stereocenters. The topological polar surface area (TPSA) is 55.6 Å². The minimum Gasteiger partial charge on any atom is -0.398 e. The van der Waals surface area contributed by atoms with Crippen LogP contribution < -0.4 is 5.73 Å². The molecule has 1 aliphatic carbocycles. The molecule has 1 aliphatic heterocycles. The van der Waals surface area contributed by atoms with Crippen LogP contribution in [0.3, 0.4) is 0 Å². The Bertz CT molecular complexity index is 513.